The summed E-state index contributed by atoms with van der Waals surface area (Å²) in [6.07, 6.45) is -4.62. The molecule has 1 atom stereocenters. The number of rotatable bonds is 8. The van der Waals surface area contributed by atoms with E-state index in [-0.39, 0.29) is 27.8 Å². The van der Waals surface area contributed by atoms with Crippen LogP contribution in [0.15, 0.2) is 124 Å². The second-order valence-electron chi connectivity index (χ2n) is 13.0. The molecule has 1 N–H and O–H groups in total. The maximum atomic E-state index is 13.6. The van der Waals surface area contributed by atoms with Gasteiger partial charge >= 0.3 is 17.8 Å². The first-order valence-electron chi connectivity index (χ1n) is 16.3. The van der Waals surface area contributed by atoms with Gasteiger partial charge in [0.05, 0.1) is 48.9 Å². The number of nitrogens with one attached hydrogen (secondary N) is 1. The van der Waals surface area contributed by atoms with E-state index in [0.29, 0.717) is 34.3 Å². The van der Waals surface area contributed by atoms with Gasteiger partial charge in [-0.3, -0.25) is 4.90 Å². The van der Waals surface area contributed by atoms with E-state index in [1.807, 2.05) is 44.4 Å². The number of carbonyl (C=O) groups is 1. The first-order chi connectivity index (χ1) is 25.4. The molecule has 0 fully saturated rings. The number of fused-ring (bicyclic) bond motifs is 1. The van der Waals surface area contributed by atoms with Crippen molar-refractivity contribution in [2.45, 2.75) is 37.1 Å². The highest BCUT2D eigenvalue weighted by atomic mass is 32.2. The first kappa shape index (κ1) is 39.2. The van der Waals surface area contributed by atoms with Gasteiger partial charge in [0.1, 0.15) is 29.2 Å². The van der Waals surface area contributed by atoms with Crippen LogP contribution in [0.5, 0.6) is 0 Å². The fourth-order valence-corrected chi connectivity index (χ4v) is 6.83. The molecule has 280 valence electrons. The number of carbonyl (C=O) groups excluding carboxylic acids is 1. The summed E-state index contributed by atoms with van der Waals surface area (Å²) in [5.74, 6) is -0.769. The largest absolute Gasteiger partial charge is 0.744 e. The van der Waals surface area contributed by atoms with Gasteiger partial charge < -0.3 is 13.8 Å². The summed E-state index contributed by atoms with van der Waals surface area (Å²) in [5, 5.41) is 16.3. The third-order valence-electron chi connectivity index (χ3n) is 8.63. The zero-order valence-electron chi connectivity index (χ0n) is 29.5. The van der Waals surface area contributed by atoms with Crippen molar-refractivity contribution in [1.82, 2.24) is 14.8 Å². The number of ether oxygens (including phenoxy) is 1. The number of nitrogens with zero attached hydrogens (tertiary/aromatic N) is 5. The van der Waals surface area contributed by atoms with Crippen molar-refractivity contribution in [2.75, 3.05) is 26.1 Å². The van der Waals surface area contributed by atoms with Crippen molar-refractivity contribution in [2.24, 2.45) is 0 Å². The second-order valence-corrected chi connectivity index (χ2v) is 14.4. The van der Waals surface area contributed by atoms with Gasteiger partial charge in [-0.25, -0.2) is 27.7 Å². The summed E-state index contributed by atoms with van der Waals surface area (Å²) >= 11 is 0. The molecule has 1 aliphatic heterocycles. The van der Waals surface area contributed by atoms with Gasteiger partial charge in [-0.15, -0.1) is 5.10 Å². The lowest BCUT2D eigenvalue weighted by atomic mass is 9.89. The highest BCUT2D eigenvalue weighted by molar-refractivity contribution is 7.85. The molecule has 0 saturated heterocycles. The smallest absolute Gasteiger partial charge is 0.416 e. The van der Waals surface area contributed by atoms with Crippen LogP contribution in [0.25, 0.3) is 0 Å². The van der Waals surface area contributed by atoms with Crippen molar-refractivity contribution in [3.8, 4) is 6.07 Å². The average Bonchev–Trinajstić information content (AvgIpc) is 3.51. The predicted octanol–water partition coefficient (Wildman–Crippen LogP) is 6.02. The highest BCUT2D eigenvalue weighted by Crippen LogP contribution is 2.44. The van der Waals surface area contributed by atoms with Crippen LogP contribution in [0.4, 0.5) is 24.8 Å². The summed E-state index contributed by atoms with van der Waals surface area (Å²) in [4.78, 5) is 28.0. The standard InChI is InChI=1S/C32H29F3N6O3.C6H6O3S/c1-20-27(29(42)44-4)28(40-30(37-38-31(40)43)39(20)25-12-8-11-24(16-25)32(33,34)35)26-14-13-22(17-36)15-23(26)19-41(2,3)18-21-9-6-5-7-10-21;7-10(8,9)6-4-2-1-3-5-6/h5-16,28H,18-19H2,1-4H3;1-5H,(H,7,8,9). The Labute approximate surface area is 309 Å². The fraction of sp³-hybridized carbons (Fsp3) is 0.211. The van der Waals surface area contributed by atoms with E-state index in [4.69, 9.17) is 4.74 Å². The summed E-state index contributed by atoms with van der Waals surface area (Å²) in [6, 6.07) is 27.8. The predicted molar refractivity (Wildman–Crippen MR) is 191 cm³/mol. The van der Waals surface area contributed by atoms with Gasteiger partial charge in [-0.1, -0.05) is 60.7 Å². The van der Waals surface area contributed by atoms with E-state index in [1.54, 1.807) is 31.2 Å². The number of benzene rings is 4. The Morgan fingerprint density at radius 1 is 0.981 bits per heavy atom. The Morgan fingerprint density at radius 2 is 1.63 bits per heavy atom. The fourth-order valence-electron chi connectivity index (χ4n) is 6.34. The molecule has 0 spiro atoms. The summed E-state index contributed by atoms with van der Waals surface area (Å²) in [5.41, 5.74) is 1.51. The third kappa shape index (κ3) is 8.60. The number of anilines is 2. The van der Waals surface area contributed by atoms with Crippen LogP contribution in [0.3, 0.4) is 0 Å². The van der Waals surface area contributed by atoms with Crippen LogP contribution >= 0.6 is 0 Å². The summed E-state index contributed by atoms with van der Waals surface area (Å²) < 4.78 is 78.6. The summed E-state index contributed by atoms with van der Waals surface area (Å²) in [6.45, 7) is 2.64. The van der Waals surface area contributed by atoms with Crippen LogP contribution in [-0.2, 0) is 38.9 Å². The van der Waals surface area contributed by atoms with Crippen molar-refractivity contribution in [1.29, 1.82) is 5.26 Å². The minimum atomic E-state index is -4.62. The molecule has 1 unspecified atom stereocenters. The van der Waals surface area contributed by atoms with Crippen molar-refractivity contribution < 1.29 is 40.2 Å². The quantitative estimate of drug-likeness (QED) is 0.113. The number of aromatic nitrogens is 3. The molecule has 16 heteroatoms. The average molecular weight is 761 g/mol. The molecule has 54 heavy (non-hydrogen) atoms. The van der Waals surface area contributed by atoms with Crippen molar-refractivity contribution >= 4 is 27.7 Å². The van der Waals surface area contributed by atoms with E-state index in [2.05, 4.69) is 16.3 Å². The number of hydrogen-bond acceptors (Lipinski definition) is 9. The Kier molecular flexibility index (Phi) is 11.3. The molecule has 0 amide bonds. The monoisotopic (exact) mass is 760 g/mol. The molecule has 4 aromatic carbocycles. The molecule has 2 heterocycles. The number of hydrogen-bond donors (Lipinski definition) is 1. The van der Waals surface area contributed by atoms with Crippen LogP contribution in [0.2, 0.25) is 0 Å². The van der Waals surface area contributed by atoms with E-state index in [1.165, 1.54) is 53.0 Å². The minimum Gasteiger partial charge on any atom is -0.744 e. The van der Waals surface area contributed by atoms with Crippen molar-refractivity contribution in [3.05, 3.63) is 153 Å². The second kappa shape index (κ2) is 15.5. The number of esters is 1. The Bertz CT molecular complexity index is 2400. The van der Waals surface area contributed by atoms with E-state index in [0.717, 1.165) is 17.7 Å². The van der Waals surface area contributed by atoms with Gasteiger partial charge in [-0.2, -0.15) is 18.4 Å². The molecule has 5 aromatic rings. The summed E-state index contributed by atoms with van der Waals surface area (Å²) in [7, 11) is 1.01. The number of H-pyrrole nitrogens is 1. The number of nitriles is 1. The molecule has 6 rings (SSSR count). The number of allylic oxidation sites excluding steroid dienone is 1. The maximum Gasteiger partial charge on any atom is 0.416 e. The maximum absolute atomic E-state index is 13.6. The number of halogens is 3. The number of quaternary nitrogens is 1. The van der Waals surface area contributed by atoms with Gasteiger partial charge in [0.25, 0.3) is 0 Å². The Balaban J connectivity index is 0.000000486. The van der Waals surface area contributed by atoms with Crippen LogP contribution in [-0.4, -0.2) is 59.4 Å². The zero-order chi connectivity index (χ0) is 39.4. The number of alkyl halides is 3. The van der Waals surface area contributed by atoms with Crippen molar-refractivity contribution in [3.63, 3.8) is 0 Å². The van der Waals surface area contributed by atoms with E-state index < -0.39 is 39.6 Å². The van der Waals surface area contributed by atoms with Crippen LogP contribution in [0.1, 0.15) is 40.8 Å². The lowest BCUT2D eigenvalue weighted by Crippen LogP contribution is -2.40. The molecule has 1 aromatic heterocycles. The lowest BCUT2D eigenvalue weighted by Gasteiger charge is -2.37. The molecule has 1 aliphatic rings. The first-order valence-corrected chi connectivity index (χ1v) is 17.7. The Hall–Kier alpha value is -6.02. The van der Waals surface area contributed by atoms with Crippen LogP contribution in [0, 0.1) is 11.3 Å². The van der Waals surface area contributed by atoms with Gasteiger partial charge in [0, 0.05) is 22.5 Å². The molecule has 0 saturated carbocycles. The normalized spacial score (nSPS) is 14.4. The SMILES string of the molecule is COC(=O)C1=C(C)N(c2cccc(C(F)(F)F)c2)c2n[nH]c(=O)n2C1c1ccc(C#N)cc1C[N+](C)(C)Cc1ccccc1.O=S(=O)([O-])c1ccccc1. The molecular formula is C38H35F3N6O6S. The van der Waals surface area contributed by atoms with E-state index >= 15 is 0 Å². The highest BCUT2D eigenvalue weighted by Gasteiger charge is 2.41. The molecule has 0 radical (unpaired) electrons. The molecular weight excluding hydrogens is 726 g/mol. The van der Waals surface area contributed by atoms with Gasteiger partial charge in [0.15, 0.2) is 0 Å². The molecule has 12 nitrogen and oxygen atoms in total. The van der Waals surface area contributed by atoms with Crippen LogP contribution < -0.4 is 10.6 Å². The Morgan fingerprint density at radius 3 is 2.20 bits per heavy atom. The topological polar surface area (TPSA) is 161 Å². The zero-order valence-corrected chi connectivity index (χ0v) is 30.4. The van der Waals surface area contributed by atoms with Gasteiger partial charge in [0.2, 0.25) is 5.95 Å². The van der Waals surface area contributed by atoms with Gasteiger partial charge in [-0.05, 0) is 55.0 Å². The third-order valence-corrected chi connectivity index (χ3v) is 9.48. The molecule has 0 aliphatic carbocycles. The lowest BCUT2D eigenvalue weighted by molar-refractivity contribution is -0.916. The van der Waals surface area contributed by atoms with E-state index in [9.17, 15) is 41.0 Å². The number of methoxy groups -OCH3 is 1. The number of aromatic amines is 1. The molecule has 0 bridgehead atoms. The minimum absolute atomic E-state index is 0.00202.